The van der Waals surface area contributed by atoms with Crippen molar-refractivity contribution in [2.24, 2.45) is 40.4 Å². The van der Waals surface area contributed by atoms with Gasteiger partial charge in [0.1, 0.15) is 5.78 Å². The molecule has 0 heterocycles. The fourth-order valence-electron chi connectivity index (χ4n) is 8.07. The van der Waals surface area contributed by atoms with E-state index in [-0.39, 0.29) is 0 Å². The number of ketones is 1. The van der Waals surface area contributed by atoms with Gasteiger partial charge in [-0.25, -0.2) is 0 Å². The van der Waals surface area contributed by atoms with E-state index in [0.717, 1.165) is 55.3 Å². The summed E-state index contributed by atoms with van der Waals surface area (Å²) in [5, 5.41) is 9.24. The quantitative estimate of drug-likeness (QED) is 0.670. The van der Waals surface area contributed by atoms with Crippen molar-refractivity contribution in [1.82, 2.24) is 0 Å². The first-order valence-electron chi connectivity index (χ1n) is 11.2. The fourth-order valence-corrected chi connectivity index (χ4v) is 8.07. The van der Waals surface area contributed by atoms with Crippen LogP contribution in [0.1, 0.15) is 85.0 Å². The Hall–Kier alpha value is -0.630. The van der Waals surface area contributed by atoms with E-state index >= 15 is 0 Å². The number of fused-ring (bicyclic) bond motifs is 5. The van der Waals surface area contributed by atoms with Crippen LogP contribution in [0.5, 0.6) is 0 Å². The predicted octanol–water partition coefficient (Wildman–Crippen LogP) is 5.54. The first kappa shape index (κ1) is 18.7. The Morgan fingerprint density at radius 1 is 1.19 bits per heavy atom. The van der Waals surface area contributed by atoms with E-state index < -0.39 is 0 Å². The van der Waals surface area contributed by atoms with E-state index in [0.29, 0.717) is 23.2 Å². The van der Waals surface area contributed by atoms with Gasteiger partial charge in [-0.05, 0) is 91.8 Å². The van der Waals surface area contributed by atoms with Crippen LogP contribution in [0.15, 0.2) is 11.6 Å². The minimum Gasteiger partial charge on any atom is -0.396 e. The monoisotopic (exact) mass is 358 g/mol. The van der Waals surface area contributed by atoms with Crippen LogP contribution in [0.25, 0.3) is 0 Å². The van der Waals surface area contributed by atoms with Gasteiger partial charge in [0.05, 0.1) is 0 Å². The summed E-state index contributed by atoms with van der Waals surface area (Å²) in [6.07, 6.45) is 14.0. The zero-order valence-corrected chi connectivity index (χ0v) is 17.1. The molecule has 3 fully saturated rings. The summed E-state index contributed by atoms with van der Waals surface area (Å²) < 4.78 is 0. The summed E-state index contributed by atoms with van der Waals surface area (Å²) >= 11 is 0. The topological polar surface area (TPSA) is 37.3 Å². The molecular formula is C24H38O2. The van der Waals surface area contributed by atoms with Gasteiger partial charge in [0.25, 0.3) is 0 Å². The molecule has 0 unspecified atom stereocenters. The van der Waals surface area contributed by atoms with Gasteiger partial charge in [0.15, 0.2) is 0 Å². The highest BCUT2D eigenvalue weighted by Crippen LogP contribution is 2.67. The van der Waals surface area contributed by atoms with Crippen molar-refractivity contribution in [3.8, 4) is 0 Å². The molecule has 0 saturated heterocycles. The average molecular weight is 359 g/mol. The molecule has 3 saturated carbocycles. The van der Waals surface area contributed by atoms with Crippen LogP contribution < -0.4 is 0 Å². The third kappa shape index (κ3) is 2.74. The molecule has 0 radical (unpaired) electrons. The van der Waals surface area contributed by atoms with Crippen molar-refractivity contribution >= 4 is 5.78 Å². The molecule has 7 atom stereocenters. The molecule has 0 aromatic heterocycles. The number of carbonyl (C=O) groups is 1. The first-order chi connectivity index (χ1) is 12.4. The molecule has 0 amide bonds. The molecule has 2 nitrogen and oxygen atoms in total. The number of hydrogen-bond acceptors (Lipinski definition) is 2. The molecule has 4 aliphatic rings. The molecule has 1 N–H and O–H groups in total. The summed E-state index contributed by atoms with van der Waals surface area (Å²) in [4.78, 5) is 12.0. The van der Waals surface area contributed by atoms with Crippen LogP contribution >= 0.6 is 0 Å². The summed E-state index contributed by atoms with van der Waals surface area (Å²) in [5.74, 6) is 4.56. The highest BCUT2D eigenvalue weighted by molar-refractivity contribution is 5.82. The van der Waals surface area contributed by atoms with Crippen molar-refractivity contribution in [2.75, 3.05) is 6.61 Å². The van der Waals surface area contributed by atoms with Crippen molar-refractivity contribution in [3.63, 3.8) is 0 Å². The highest BCUT2D eigenvalue weighted by Gasteiger charge is 2.59. The Bertz CT molecular complexity index is 593. The molecule has 0 aromatic carbocycles. The van der Waals surface area contributed by atoms with E-state index in [2.05, 4.69) is 26.8 Å². The van der Waals surface area contributed by atoms with Gasteiger partial charge in [0, 0.05) is 19.4 Å². The van der Waals surface area contributed by atoms with Gasteiger partial charge in [-0.3, -0.25) is 4.79 Å². The Balaban J connectivity index is 1.57. The molecule has 0 bridgehead atoms. The van der Waals surface area contributed by atoms with Crippen LogP contribution in [-0.4, -0.2) is 17.5 Å². The van der Waals surface area contributed by atoms with Gasteiger partial charge in [-0.15, -0.1) is 0 Å². The molecule has 4 aliphatic carbocycles. The third-order valence-corrected chi connectivity index (χ3v) is 9.51. The van der Waals surface area contributed by atoms with Gasteiger partial charge in [-0.2, -0.15) is 0 Å². The molecule has 0 spiro atoms. The second kappa shape index (κ2) is 6.76. The van der Waals surface area contributed by atoms with Crippen LogP contribution in [0.2, 0.25) is 0 Å². The maximum absolute atomic E-state index is 12.0. The third-order valence-electron chi connectivity index (χ3n) is 9.51. The molecule has 26 heavy (non-hydrogen) atoms. The number of aliphatic hydroxyl groups is 1. The summed E-state index contributed by atoms with van der Waals surface area (Å²) in [5.41, 5.74) is 2.30. The lowest BCUT2D eigenvalue weighted by Crippen LogP contribution is -2.50. The number of hydrogen-bond donors (Lipinski definition) is 1. The number of rotatable bonds is 4. The zero-order chi connectivity index (χ0) is 18.5. The Kier molecular flexibility index (Phi) is 4.87. The summed E-state index contributed by atoms with van der Waals surface area (Å²) in [6.45, 7) is 7.87. The fraction of sp³-hybridized carbons (Fsp3) is 0.875. The normalized spacial score (nSPS) is 46.2. The highest BCUT2D eigenvalue weighted by atomic mass is 16.2. The summed E-state index contributed by atoms with van der Waals surface area (Å²) in [7, 11) is 0. The van der Waals surface area contributed by atoms with Crippen LogP contribution in [0.3, 0.4) is 0 Å². The van der Waals surface area contributed by atoms with Crippen molar-refractivity contribution in [2.45, 2.75) is 85.0 Å². The standard InChI is InChI=1S/C24H38O2/c1-16(5-4-14-25)20-8-9-21-19-7-6-17-15-18(26)10-12-23(17,2)22(19)11-13-24(20,21)3/h6,16,19-22,25H,4-5,7-15H2,1-3H3/t16-,19+,20-,21+,22+,23+,24-/m1/s1. The van der Waals surface area contributed by atoms with Gasteiger partial charge < -0.3 is 5.11 Å². The molecule has 2 heteroatoms. The van der Waals surface area contributed by atoms with E-state index in [1.54, 1.807) is 0 Å². The van der Waals surface area contributed by atoms with E-state index in [1.807, 2.05) is 0 Å². The number of aliphatic hydroxyl groups excluding tert-OH is 1. The van der Waals surface area contributed by atoms with Crippen LogP contribution in [0.4, 0.5) is 0 Å². The maximum atomic E-state index is 12.0. The Morgan fingerprint density at radius 3 is 2.77 bits per heavy atom. The Labute approximate surface area is 159 Å². The first-order valence-corrected chi connectivity index (χ1v) is 11.2. The predicted molar refractivity (Wildman–Crippen MR) is 106 cm³/mol. The Morgan fingerprint density at radius 2 is 2.00 bits per heavy atom. The van der Waals surface area contributed by atoms with Gasteiger partial charge in [-0.1, -0.05) is 32.4 Å². The minimum absolute atomic E-state index is 0.304. The van der Waals surface area contributed by atoms with Gasteiger partial charge >= 0.3 is 0 Å². The molecular weight excluding hydrogens is 320 g/mol. The van der Waals surface area contributed by atoms with Crippen molar-refractivity contribution < 1.29 is 9.90 Å². The zero-order valence-electron chi connectivity index (χ0n) is 17.1. The van der Waals surface area contributed by atoms with Crippen LogP contribution in [-0.2, 0) is 4.79 Å². The maximum Gasteiger partial charge on any atom is 0.136 e. The lowest BCUT2D eigenvalue weighted by molar-refractivity contribution is -0.122. The van der Waals surface area contributed by atoms with Crippen molar-refractivity contribution in [1.29, 1.82) is 0 Å². The number of carbonyl (C=O) groups excluding carboxylic acids is 1. The molecule has 0 aliphatic heterocycles. The molecule has 4 rings (SSSR count). The number of Topliss-reactive ketones (excluding diaryl/α,β-unsaturated/α-hetero) is 1. The van der Waals surface area contributed by atoms with E-state index in [4.69, 9.17) is 0 Å². The average Bonchev–Trinajstić information content (AvgIpc) is 2.97. The van der Waals surface area contributed by atoms with Crippen molar-refractivity contribution in [3.05, 3.63) is 11.6 Å². The lowest BCUT2D eigenvalue weighted by Gasteiger charge is -2.58. The largest absolute Gasteiger partial charge is 0.396 e. The molecule has 146 valence electrons. The summed E-state index contributed by atoms with van der Waals surface area (Å²) in [6, 6.07) is 0. The van der Waals surface area contributed by atoms with E-state index in [1.165, 1.54) is 44.1 Å². The minimum atomic E-state index is 0.304. The van der Waals surface area contributed by atoms with Crippen LogP contribution in [0, 0.1) is 40.4 Å². The van der Waals surface area contributed by atoms with E-state index in [9.17, 15) is 9.90 Å². The molecule has 0 aromatic rings. The SMILES string of the molecule is C[C@H](CCCO)[C@H]1CC[C@H]2[C@@H]3CC=C4CC(=O)CC[C@]4(C)[C@H]3CC[C@]12C. The number of allylic oxidation sites excluding steroid dienone is 2. The second-order valence-corrected chi connectivity index (χ2v) is 10.5. The van der Waals surface area contributed by atoms with Gasteiger partial charge in [0.2, 0.25) is 0 Å². The second-order valence-electron chi connectivity index (χ2n) is 10.5. The lowest BCUT2D eigenvalue weighted by atomic mass is 9.47. The smallest absolute Gasteiger partial charge is 0.136 e.